The molecule has 12 nitrogen and oxygen atoms in total. The van der Waals surface area contributed by atoms with Gasteiger partial charge in [-0.2, -0.15) is 0 Å². The van der Waals surface area contributed by atoms with E-state index in [1.165, 1.54) is 24.3 Å². The van der Waals surface area contributed by atoms with Crippen LogP contribution in [0.1, 0.15) is 72.7 Å². The van der Waals surface area contributed by atoms with Crippen molar-refractivity contribution in [1.29, 1.82) is 0 Å². The van der Waals surface area contributed by atoms with Gasteiger partial charge in [-0.05, 0) is 133 Å². The van der Waals surface area contributed by atoms with Crippen molar-refractivity contribution in [3.8, 4) is 89.0 Å². The molecule has 680 valence electrons. The van der Waals surface area contributed by atoms with Crippen molar-refractivity contribution in [2.75, 3.05) is 13.2 Å². The minimum Gasteiger partial charge on any atom is -0.462 e. The van der Waals surface area contributed by atoms with Crippen LogP contribution in [0.25, 0.3) is 182 Å². The summed E-state index contributed by atoms with van der Waals surface area (Å²) in [6.45, 7) is -1.11. The standard InChI is InChI=1S/C93H34F30N8O4/c94-62-56(63(95)75(107)86(118)74(62)106)50-36-14-10-32(124-36)48(33-11-15-37(125-33)51(57-64(96)76(108)87(119)77(109)65(57)97)41-19-23-45(129-41)54(44-22-18-40(50)128-44)60-70(102)82(114)90(122)83(115)71(60)103)28-2-6-30(7-3-28)92(132)134-26-1-27-135-93(133)31-8-4-29(5-9-31)49-34-12-16-38(126-34)52(58-66(98)78(110)88(120)79(111)67(58)99)42-20-24-46(130-42)55(61-72(104)84(116)91(123)85(117)73(61)105)47-25-21-43(131-47)53(39-17-13-35(49)127-39)59-68(100)80(112)89(121)81(113)69(59)101/h2-25,124,126,129,131H,1,26-27H2. The third kappa shape index (κ3) is 14.3. The summed E-state index contributed by atoms with van der Waals surface area (Å²) in [6, 6.07) is 16.0. The molecule has 4 N–H and O–H groups in total. The number of H-pyrrole nitrogens is 4. The summed E-state index contributed by atoms with van der Waals surface area (Å²) in [5.74, 6) is -79.6. The van der Waals surface area contributed by atoms with E-state index < -0.39 is 345 Å². The molecule has 0 radical (unpaired) electrons. The van der Waals surface area contributed by atoms with Gasteiger partial charge in [0, 0.05) is 95.1 Å². The van der Waals surface area contributed by atoms with E-state index in [0.717, 1.165) is 109 Å². The zero-order valence-electron chi connectivity index (χ0n) is 65.7. The Hall–Kier alpha value is -16.2. The summed E-state index contributed by atoms with van der Waals surface area (Å²) in [6.07, 6.45) is 6.40. The van der Waals surface area contributed by atoms with Crippen molar-refractivity contribution in [3.63, 3.8) is 0 Å². The molecular weight excluding hydrogens is 1860 g/mol. The van der Waals surface area contributed by atoms with Gasteiger partial charge in [0.2, 0.25) is 34.9 Å². The topological polar surface area (TPSA) is 167 Å². The van der Waals surface area contributed by atoms with Crippen LogP contribution in [0, 0.1) is 175 Å². The molecule has 0 aliphatic carbocycles. The van der Waals surface area contributed by atoms with Crippen molar-refractivity contribution in [2.24, 2.45) is 0 Å². The number of rotatable bonds is 14. The van der Waals surface area contributed by atoms with Crippen LogP contribution in [0.3, 0.4) is 0 Å². The average molecular weight is 1900 g/mol. The van der Waals surface area contributed by atoms with Gasteiger partial charge in [-0.3, -0.25) is 0 Å². The highest BCUT2D eigenvalue weighted by Crippen LogP contribution is 2.49. The van der Waals surface area contributed by atoms with Crippen LogP contribution in [0.15, 0.2) is 97.1 Å². The second-order valence-electron chi connectivity index (χ2n) is 29.5. The van der Waals surface area contributed by atoms with E-state index in [0.29, 0.717) is 12.2 Å². The lowest BCUT2D eigenvalue weighted by molar-refractivity contribution is 0.0395. The number of carbonyl (C=O) groups is 2. The molecule has 14 aromatic rings. The molecule has 0 fully saturated rings. The number of carbonyl (C=O) groups excluding carboxylic acids is 2. The van der Waals surface area contributed by atoms with Crippen LogP contribution in [0.5, 0.6) is 0 Å². The molecule has 0 unspecified atom stereocenters. The lowest BCUT2D eigenvalue weighted by Crippen LogP contribution is -2.11. The number of ether oxygens (including phenoxy) is 2. The Morgan fingerprint density at radius 3 is 0.489 bits per heavy atom. The first kappa shape index (κ1) is 89.4. The maximum absolute atomic E-state index is 16.3. The molecule has 4 aliphatic rings. The second-order valence-corrected chi connectivity index (χ2v) is 29.5. The van der Waals surface area contributed by atoms with Crippen LogP contribution in [0.2, 0.25) is 0 Å². The quantitative estimate of drug-likeness (QED) is 0.0274. The molecule has 10 heterocycles. The predicted molar refractivity (Wildman–Crippen MR) is 425 cm³/mol. The van der Waals surface area contributed by atoms with Crippen LogP contribution in [-0.4, -0.2) is 65.0 Å². The Morgan fingerprint density at radius 2 is 0.326 bits per heavy atom. The van der Waals surface area contributed by atoms with Gasteiger partial charge in [-0.15, -0.1) is 0 Å². The van der Waals surface area contributed by atoms with Crippen LogP contribution < -0.4 is 0 Å². The summed E-state index contributed by atoms with van der Waals surface area (Å²) in [4.78, 5) is 54.9. The van der Waals surface area contributed by atoms with Gasteiger partial charge < -0.3 is 29.4 Å². The highest BCUT2D eigenvalue weighted by molar-refractivity contribution is 6.04. The summed E-state index contributed by atoms with van der Waals surface area (Å²) >= 11 is 0. The number of aromatic amines is 4. The summed E-state index contributed by atoms with van der Waals surface area (Å²) in [5, 5.41) is 0. The van der Waals surface area contributed by atoms with Crippen LogP contribution in [0.4, 0.5) is 132 Å². The lowest BCUT2D eigenvalue weighted by atomic mass is 10.0. The molecule has 0 amide bonds. The van der Waals surface area contributed by atoms with Gasteiger partial charge in [0.05, 0.1) is 103 Å². The smallest absolute Gasteiger partial charge is 0.338 e. The van der Waals surface area contributed by atoms with E-state index in [9.17, 15) is 35.9 Å². The molecule has 0 spiro atoms. The Morgan fingerprint density at radius 1 is 0.185 bits per heavy atom. The Balaban J connectivity index is 0.693. The largest absolute Gasteiger partial charge is 0.462 e. The van der Waals surface area contributed by atoms with Gasteiger partial charge in [-0.25, -0.2) is 161 Å². The zero-order valence-corrected chi connectivity index (χ0v) is 65.7. The summed E-state index contributed by atoms with van der Waals surface area (Å²) in [7, 11) is 0. The first-order chi connectivity index (χ1) is 64.3. The maximum Gasteiger partial charge on any atom is 0.338 e. The van der Waals surface area contributed by atoms with Gasteiger partial charge >= 0.3 is 11.9 Å². The molecule has 42 heteroatoms. The molecule has 18 rings (SSSR count). The molecule has 0 saturated carbocycles. The van der Waals surface area contributed by atoms with E-state index >= 15 is 105 Å². The van der Waals surface area contributed by atoms with Crippen molar-refractivity contribution in [1.82, 2.24) is 39.9 Å². The lowest BCUT2D eigenvalue weighted by Gasteiger charge is -2.11. The van der Waals surface area contributed by atoms with Gasteiger partial charge in [-0.1, -0.05) is 24.3 Å². The van der Waals surface area contributed by atoms with Crippen molar-refractivity contribution in [3.05, 3.63) is 328 Å². The van der Waals surface area contributed by atoms with Crippen molar-refractivity contribution < 1.29 is 151 Å². The highest BCUT2D eigenvalue weighted by atomic mass is 19.2. The van der Waals surface area contributed by atoms with E-state index in [1.54, 1.807) is 0 Å². The van der Waals surface area contributed by atoms with E-state index in [2.05, 4.69) is 39.9 Å². The van der Waals surface area contributed by atoms with Crippen LogP contribution >= 0.6 is 0 Å². The molecule has 8 aromatic carbocycles. The fraction of sp³-hybridized carbons (Fsp3) is 0.0323. The number of hydrogen-bond acceptors (Lipinski definition) is 8. The van der Waals surface area contributed by atoms with Gasteiger partial charge in [0.15, 0.2) is 140 Å². The highest BCUT2D eigenvalue weighted by Gasteiger charge is 2.39. The SMILES string of the molecule is O=C(OCCCOC(=O)c1ccc(-c2c3nc(c(-c4c(F)c(F)c(F)c(F)c4F)c4ccc([nH]4)c(-c4c(F)c(F)c(F)c(F)c4F)c4nc(c(-c5c(F)c(F)c(F)c(F)c5F)c5ccc2[nH]5)C=C4)C=C3)cc1)c1ccc(-c2c3nc(c(-c4c(F)c(F)c(F)c(F)c4F)c4ccc([nH]4)c(-c4c(F)c(F)c(F)c(F)c4F)c4nc(c(-c5c(F)c(F)c(F)c(F)c5F)c5ccc2[nH]5)C=C4)C=C3)cc1. The number of esters is 2. The van der Waals surface area contributed by atoms with Gasteiger partial charge in [0.25, 0.3) is 0 Å². The number of benzene rings is 8. The number of hydrogen-bond donors (Lipinski definition) is 4. The molecule has 6 aromatic heterocycles. The molecule has 4 aliphatic heterocycles. The molecule has 135 heavy (non-hydrogen) atoms. The number of nitrogens with zero attached hydrogens (tertiary/aromatic N) is 4. The number of fused-ring (bicyclic) bond motifs is 16. The fourth-order valence-corrected chi connectivity index (χ4v) is 15.6. The van der Waals surface area contributed by atoms with E-state index in [4.69, 9.17) is 9.47 Å². The molecule has 0 saturated heterocycles. The van der Waals surface area contributed by atoms with Gasteiger partial charge in [0.1, 0.15) is 0 Å². The second kappa shape index (κ2) is 33.6. The first-order valence-electron chi connectivity index (χ1n) is 38.3. The number of halogens is 30. The molecular formula is C93H34F30N8O4. The summed E-state index contributed by atoms with van der Waals surface area (Å²) < 4.78 is 479. The molecule has 16 bridgehead atoms. The Kier molecular flexibility index (Phi) is 22.2. The van der Waals surface area contributed by atoms with Crippen molar-refractivity contribution in [2.45, 2.75) is 6.42 Å². The predicted octanol–water partition coefficient (Wildman–Crippen LogP) is 26.5. The minimum atomic E-state index is -2.71. The first-order valence-corrected chi connectivity index (χ1v) is 38.3. The third-order valence-electron chi connectivity index (χ3n) is 21.8. The third-order valence-corrected chi connectivity index (χ3v) is 21.8. The van der Waals surface area contributed by atoms with Crippen molar-refractivity contribution >= 4 is 105 Å². The van der Waals surface area contributed by atoms with E-state index in [1.807, 2.05) is 0 Å². The average Bonchev–Trinajstić information content (AvgIpc) is 1.61. The Bertz CT molecular complexity index is 7420. The van der Waals surface area contributed by atoms with E-state index in [-0.39, 0.29) is 50.8 Å². The zero-order chi connectivity index (χ0) is 96.3. The number of nitrogens with one attached hydrogen (secondary N) is 4. The molecule has 0 atom stereocenters. The maximum atomic E-state index is 16.3. The minimum absolute atomic E-state index is 0.0935. The Labute approximate surface area is 729 Å². The summed E-state index contributed by atoms with van der Waals surface area (Å²) in [5.41, 5.74) is -30.1. The van der Waals surface area contributed by atoms with Crippen LogP contribution in [-0.2, 0) is 9.47 Å². The number of aromatic nitrogens is 8. The fourth-order valence-electron chi connectivity index (χ4n) is 15.6. The monoisotopic (exact) mass is 1900 g/mol. The normalized spacial score (nSPS) is 12.3.